The van der Waals surface area contributed by atoms with Gasteiger partial charge in [-0.25, -0.2) is 9.37 Å². The fraction of sp³-hybridized carbons (Fsp3) is 0.423. The minimum atomic E-state index is -0.120. The molecular weight excluding hydrogens is 403 g/mol. The van der Waals surface area contributed by atoms with Crippen molar-refractivity contribution in [3.63, 3.8) is 0 Å². The molecule has 0 aliphatic rings. The minimum absolute atomic E-state index is 0.120. The van der Waals surface area contributed by atoms with Gasteiger partial charge in [0, 0.05) is 6.54 Å². The summed E-state index contributed by atoms with van der Waals surface area (Å²) in [5.41, 5.74) is 3.84. The monoisotopic (exact) mass is 440 g/mol. The molecule has 0 aliphatic heterocycles. The van der Waals surface area contributed by atoms with Crippen molar-refractivity contribution < 1.29 is 9.13 Å². The molecule has 174 valence electrons. The molecule has 0 saturated carbocycles. The molecule has 0 aliphatic carbocycles. The van der Waals surface area contributed by atoms with Crippen LogP contribution in [0.3, 0.4) is 0 Å². The molecule has 0 saturated heterocycles. The zero-order valence-corrected chi connectivity index (χ0v) is 20.5. The van der Waals surface area contributed by atoms with E-state index in [2.05, 4.69) is 35.0 Å². The van der Waals surface area contributed by atoms with Crippen LogP contribution in [-0.4, -0.2) is 26.9 Å². The highest BCUT2D eigenvalue weighted by Crippen LogP contribution is 2.22. The molecule has 3 rings (SSSR count). The second-order valence-corrected chi connectivity index (χ2v) is 6.95. The molecule has 3 aromatic rings. The Hall–Kier alpha value is -3.02. The fourth-order valence-electron chi connectivity index (χ4n) is 3.03. The molecule has 32 heavy (non-hydrogen) atoms. The van der Waals surface area contributed by atoms with Crippen LogP contribution in [0, 0.1) is 12.7 Å². The van der Waals surface area contributed by atoms with Gasteiger partial charge in [-0.3, -0.25) is 4.68 Å². The predicted octanol–water partition coefficient (Wildman–Crippen LogP) is 6.86. The van der Waals surface area contributed by atoms with Crippen molar-refractivity contribution in [2.75, 3.05) is 7.11 Å². The lowest BCUT2D eigenvalue weighted by Crippen LogP contribution is -2.03. The van der Waals surface area contributed by atoms with Gasteiger partial charge in [0.2, 0.25) is 5.88 Å². The second kappa shape index (κ2) is 14.9. The lowest BCUT2D eigenvalue weighted by Gasteiger charge is -2.07. The molecule has 0 amide bonds. The summed E-state index contributed by atoms with van der Waals surface area (Å²) < 4.78 is 20.1. The number of hydrogen-bond donors (Lipinski definition) is 0. The summed E-state index contributed by atoms with van der Waals surface area (Å²) in [5, 5.41) is 4.38. The Morgan fingerprint density at radius 3 is 2.53 bits per heavy atom. The zero-order valence-electron chi connectivity index (χ0n) is 20.5. The normalized spacial score (nSPS) is 11.1. The van der Waals surface area contributed by atoms with Gasteiger partial charge in [0.25, 0.3) is 0 Å². The second-order valence-electron chi connectivity index (χ2n) is 6.95. The maximum absolute atomic E-state index is 12.9. The Labute approximate surface area is 192 Å². The average Bonchev–Trinajstić information content (AvgIpc) is 3.21. The molecule has 0 atom stereocenters. The highest BCUT2D eigenvalue weighted by atomic mass is 19.1. The van der Waals surface area contributed by atoms with Crippen LogP contribution in [-0.2, 0) is 13.0 Å². The van der Waals surface area contributed by atoms with E-state index in [4.69, 9.17) is 4.74 Å². The molecule has 0 bridgehead atoms. The van der Waals surface area contributed by atoms with Crippen LogP contribution in [0.15, 0.2) is 54.3 Å². The molecule has 2 heterocycles. The van der Waals surface area contributed by atoms with Crippen molar-refractivity contribution in [3.05, 3.63) is 71.5 Å². The number of benzene rings is 1. The third kappa shape index (κ3) is 8.25. The van der Waals surface area contributed by atoms with Crippen LogP contribution < -0.4 is 4.74 Å². The SMILES string of the molecule is C/C=C/Cc1ccccc1F.CC.CC/C=C(/C)CCn1ncc2nc(C)nc(OC)c21. The number of allylic oxidation sites excluding steroid dienone is 4. The Bertz CT molecular complexity index is 1010. The Balaban J connectivity index is 0.000000335. The van der Waals surface area contributed by atoms with Gasteiger partial charge in [-0.1, -0.05) is 62.8 Å². The van der Waals surface area contributed by atoms with Crippen molar-refractivity contribution in [2.24, 2.45) is 0 Å². The van der Waals surface area contributed by atoms with Crippen LogP contribution in [0.1, 0.15) is 58.8 Å². The van der Waals surface area contributed by atoms with Crippen LogP contribution in [0.5, 0.6) is 5.88 Å². The van der Waals surface area contributed by atoms with Crippen molar-refractivity contribution in [2.45, 2.75) is 67.3 Å². The van der Waals surface area contributed by atoms with E-state index in [0.29, 0.717) is 18.1 Å². The van der Waals surface area contributed by atoms with Gasteiger partial charge in [0.05, 0.1) is 13.3 Å². The van der Waals surface area contributed by atoms with Crippen LogP contribution in [0.25, 0.3) is 11.0 Å². The van der Waals surface area contributed by atoms with Gasteiger partial charge in [0.1, 0.15) is 22.7 Å². The predicted molar refractivity (Wildman–Crippen MR) is 132 cm³/mol. The number of rotatable bonds is 7. The number of ether oxygens (including phenoxy) is 1. The summed E-state index contributed by atoms with van der Waals surface area (Å²) in [7, 11) is 1.63. The first-order valence-corrected chi connectivity index (χ1v) is 11.2. The molecule has 0 unspecified atom stereocenters. The van der Waals surface area contributed by atoms with Crippen molar-refractivity contribution in [1.29, 1.82) is 0 Å². The average molecular weight is 441 g/mol. The van der Waals surface area contributed by atoms with Crippen LogP contribution in [0.2, 0.25) is 0 Å². The van der Waals surface area contributed by atoms with Gasteiger partial charge >= 0.3 is 0 Å². The Kier molecular flexibility index (Phi) is 12.6. The van der Waals surface area contributed by atoms with E-state index >= 15 is 0 Å². The van der Waals surface area contributed by atoms with Crippen molar-refractivity contribution in [3.8, 4) is 5.88 Å². The maximum Gasteiger partial charge on any atom is 0.243 e. The maximum atomic E-state index is 12.9. The van der Waals surface area contributed by atoms with E-state index in [1.165, 1.54) is 11.6 Å². The fourth-order valence-corrected chi connectivity index (χ4v) is 3.03. The molecular formula is C26H37FN4O. The standard InChI is InChI=1S/C14H20N4O.C10H11F.C2H6/c1-5-6-10(2)7-8-18-13-12(9-15-18)16-11(3)17-14(13)19-4;1-2-3-6-9-7-4-5-8-10(9)11;1-2/h6,9H,5,7-8H2,1-4H3;2-5,7-8H,6H2,1H3;1-2H3/b10-6-;3-2+;. The first kappa shape index (κ1) is 27.0. The molecule has 2 aromatic heterocycles. The van der Waals surface area contributed by atoms with Gasteiger partial charge in [-0.2, -0.15) is 10.1 Å². The number of aromatic nitrogens is 4. The number of halogens is 1. The molecule has 0 N–H and O–H groups in total. The summed E-state index contributed by atoms with van der Waals surface area (Å²) in [6.07, 6.45) is 10.6. The van der Waals surface area contributed by atoms with E-state index in [0.717, 1.165) is 36.0 Å². The number of aryl methyl sites for hydroxylation is 2. The number of fused-ring (bicyclic) bond motifs is 1. The van der Waals surface area contributed by atoms with E-state index in [9.17, 15) is 4.39 Å². The van der Waals surface area contributed by atoms with E-state index in [1.54, 1.807) is 25.4 Å². The quantitative estimate of drug-likeness (QED) is 0.377. The van der Waals surface area contributed by atoms with Crippen molar-refractivity contribution >= 4 is 11.0 Å². The Morgan fingerprint density at radius 2 is 1.91 bits per heavy atom. The van der Waals surface area contributed by atoms with Gasteiger partial charge in [0.15, 0.2) is 0 Å². The molecule has 0 radical (unpaired) electrons. The summed E-state index contributed by atoms with van der Waals surface area (Å²) in [6.45, 7) is 12.9. The van der Waals surface area contributed by atoms with Crippen LogP contribution >= 0.6 is 0 Å². The highest BCUT2D eigenvalue weighted by Gasteiger charge is 2.12. The summed E-state index contributed by atoms with van der Waals surface area (Å²) in [5.74, 6) is 1.17. The topological polar surface area (TPSA) is 52.8 Å². The number of nitrogens with zero attached hydrogens (tertiary/aromatic N) is 4. The van der Waals surface area contributed by atoms with Gasteiger partial charge < -0.3 is 4.74 Å². The molecule has 0 spiro atoms. The number of methoxy groups -OCH3 is 1. The third-order valence-electron chi connectivity index (χ3n) is 4.56. The van der Waals surface area contributed by atoms with Gasteiger partial charge in [-0.05, 0) is 51.7 Å². The lowest BCUT2D eigenvalue weighted by atomic mass is 10.1. The van der Waals surface area contributed by atoms with E-state index in [-0.39, 0.29) is 5.82 Å². The summed E-state index contributed by atoms with van der Waals surface area (Å²) in [6, 6.07) is 6.84. The summed E-state index contributed by atoms with van der Waals surface area (Å²) >= 11 is 0. The van der Waals surface area contributed by atoms with Gasteiger partial charge in [-0.15, -0.1) is 0 Å². The number of hydrogen-bond acceptors (Lipinski definition) is 4. The minimum Gasteiger partial charge on any atom is -0.479 e. The van der Waals surface area contributed by atoms with Crippen LogP contribution in [0.4, 0.5) is 4.39 Å². The van der Waals surface area contributed by atoms with E-state index < -0.39 is 0 Å². The van der Waals surface area contributed by atoms with E-state index in [1.807, 2.05) is 50.6 Å². The first-order valence-electron chi connectivity index (χ1n) is 11.2. The molecule has 5 nitrogen and oxygen atoms in total. The Morgan fingerprint density at radius 1 is 1.19 bits per heavy atom. The molecule has 6 heteroatoms. The highest BCUT2D eigenvalue weighted by molar-refractivity contribution is 5.79. The lowest BCUT2D eigenvalue weighted by molar-refractivity contribution is 0.397. The third-order valence-corrected chi connectivity index (χ3v) is 4.56. The first-order chi connectivity index (χ1) is 15.5. The molecule has 0 fully saturated rings. The molecule has 1 aromatic carbocycles. The van der Waals surface area contributed by atoms with Crippen molar-refractivity contribution in [1.82, 2.24) is 19.7 Å². The zero-order chi connectivity index (χ0) is 23.9. The smallest absolute Gasteiger partial charge is 0.243 e. The summed E-state index contributed by atoms with van der Waals surface area (Å²) in [4.78, 5) is 8.69. The largest absolute Gasteiger partial charge is 0.479 e.